The van der Waals surface area contributed by atoms with Gasteiger partial charge < -0.3 is 14.7 Å². The molecule has 0 fully saturated rings. The standard InChI is InChI=1S/C15H15BF2O3/c1-2-3-10-4-6-11(7-5-10)12-8-13(17)15(14(18)9-12)21-16(19)20/h4-9,19-20H,2-3H2,1H3. The molecule has 2 rings (SSSR count). The molecule has 110 valence electrons. The van der Waals surface area contributed by atoms with E-state index in [0.717, 1.165) is 30.5 Å². The van der Waals surface area contributed by atoms with Crippen molar-refractivity contribution in [1.29, 1.82) is 0 Å². The van der Waals surface area contributed by atoms with Crippen LogP contribution in [0.5, 0.6) is 5.75 Å². The van der Waals surface area contributed by atoms with E-state index in [1.54, 1.807) is 12.1 Å². The summed E-state index contributed by atoms with van der Waals surface area (Å²) in [5, 5.41) is 17.2. The zero-order valence-corrected chi connectivity index (χ0v) is 11.5. The third kappa shape index (κ3) is 3.80. The summed E-state index contributed by atoms with van der Waals surface area (Å²) in [5.74, 6) is -2.79. The van der Waals surface area contributed by atoms with E-state index < -0.39 is 24.7 Å². The van der Waals surface area contributed by atoms with Gasteiger partial charge in [0.1, 0.15) is 0 Å². The largest absolute Gasteiger partial charge is 0.707 e. The molecule has 0 heterocycles. The van der Waals surface area contributed by atoms with Crippen molar-refractivity contribution in [2.45, 2.75) is 19.8 Å². The first-order valence-electron chi connectivity index (χ1n) is 6.62. The highest BCUT2D eigenvalue weighted by Crippen LogP contribution is 2.29. The molecule has 2 aromatic carbocycles. The zero-order valence-electron chi connectivity index (χ0n) is 11.5. The predicted molar refractivity (Wildman–Crippen MR) is 76.6 cm³/mol. The fourth-order valence-electron chi connectivity index (χ4n) is 2.10. The molecule has 0 amide bonds. The maximum atomic E-state index is 13.8. The minimum absolute atomic E-state index is 0.354. The van der Waals surface area contributed by atoms with Gasteiger partial charge in [-0.3, -0.25) is 0 Å². The summed E-state index contributed by atoms with van der Waals surface area (Å²) in [7, 11) is -2.27. The summed E-state index contributed by atoms with van der Waals surface area (Å²) in [6.45, 7) is 2.08. The van der Waals surface area contributed by atoms with Crippen LogP contribution in [0.4, 0.5) is 8.78 Å². The first-order valence-corrected chi connectivity index (χ1v) is 6.62. The molecular formula is C15H15BF2O3. The summed E-state index contributed by atoms with van der Waals surface area (Å²) in [5.41, 5.74) is 2.18. The molecule has 0 spiro atoms. The summed E-state index contributed by atoms with van der Waals surface area (Å²) in [6, 6.07) is 9.60. The highest BCUT2D eigenvalue weighted by molar-refractivity contribution is 6.33. The van der Waals surface area contributed by atoms with Crippen LogP contribution in [0.1, 0.15) is 18.9 Å². The van der Waals surface area contributed by atoms with Crippen LogP contribution < -0.4 is 4.65 Å². The van der Waals surface area contributed by atoms with Gasteiger partial charge in [0.25, 0.3) is 0 Å². The van der Waals surface area contributed by atoms with Crippen LogP contribution in [0.3, 0.4) is 0 Å². The minimum Gasteiger partial charge on any atom is -0.508 e. The van der Waals surface area contributed by atoms with Crippen molar-refractivity contribution in [3.05, 3.63) is 53.6 Å². The molecule has 3 nitrogen and oxygen atoms in total. The first kappa shape index (κ1) is 15.5. The van der Waals surface area contributed by atoms with E-state index in [1.807, 2.05) is 12.1 Å². The highest BCUT2D eigenvalue weighted by Gasteiger charge is 2.19. The van der Waals surface area contributed by atoms with Crippen LogP contribution in [0, 0.1) is 11.6 Å². The molecule has 0 aliphatic carbocycles. The van der Waals surface area contributed by atoms with Gasteiger partial charge in [0, 0.05) is 0 Å². The van der Waals surface area contributed by atoms with Crippen LogP contribution >= 0.6 is 0 Å². The maximum Gasteiger partial charge on any atom is 0.707 e. The number of hydrogen-bond donors (Lipinski definition) is 2. The zero-order chi connectivity index (χ0) is 15.4. The normalized spacial score (nSPS) is 10.5. The van der Waals surface area contributed by atoms with Gasteiger partial charge in [-0.2, -0.15) is 0 Å². The smallest absolute Gasteiger partial charge is 0.508 e. The lowest BCUT2D eigenvalue weighted by Gasteiger charge is -2.10. The monoisotopic (exact) mass is 292 g/mol. The van der Waals surface area contributed by atoms with Crippen molar-refractivity contribution < 1.29 is 23.5 Å². The molecule has 0 radical (unpaired) electrons. The topological polar surface area (TPSA) is 49.7 Å². The molecule has 21 heavy (non-hydrogen) atoms. The molecule has 0 aliphatic rings. The molecule has 0 unspecified atom stereocenters. The fourth-order valence-corrected chi connectivity index (χ4v) is 2.10. The Labute approximate surface area is 122 Å². The Morgan fingerprint density at radius 3 is 2.05 bits per heavy atom. The van der Waals surface area contributed by atoms with Crippen molar-refractivity contribution in [2.24, 2.45) is 0 Å². The Hall–Kier alpha value is -1.92. The second-order valence-corrected chi connectivity index (χ2v) is 4.66. The van der Waals surface area contributed by atoms with Crippen LogP contribution in [-0.4, -0.2) is 17.4 Å². The highest BCUT2D eigenvalue weighted by atomic mass is 19.1. The molecule has 0 saturated heterocycles. The molecule has 2 N–H and O–H groups in total. The van der Waals surface area contributed by atoms with Gasteiger partial charge in [-0.25, -0.2) is 8.78 Å². The Morgan fingerprint density at radius 1 is 1.00 bits per heavy atom. The molecule has 2 aromatic rings. The van der Waals surface area contributed by atoms with Crippen molar-refractivity contribution in [1.82, 2.24) is 0 Å². The van der Waals surface area contributed by atoms with Crippen LogP contribution in [0.15, 0.2) is 36.4 Å². The number of rotatable bonds is 5. The summed E-state index contributed by atoms with van der Waals surface area (Å²) in [6.07, 6.45) is 1.97. The lowest BCUT2D eigenvalue weighted by molar-refractivity contribution is 0.274. The van der Waals surface area contributed by atoms with E-state index >= 15 is 0 Å². The van der Waals surface area contributed by atoms with E-state index in [0.29, 0.717) is 11.1 Å². The average Bonchev–Trinajstić information content (AvgIpc) is 2.43. The molecule has 0 saturated carbocycles. The van der Waals surface area contributed by atoms with Gasteiger partial charge in [0.05, 0.1) is 0 Å². The molecular weight excluding hydrogens is 277 g/mol. The summed E-state index contributed by atoms with van der Waals surface area (Å²) < 4.78 is 31.8. The third-order valence-corrected chi connectivity index (χ3v) is 3.05. The van der Waals surface area contributed by atoms with E-state index in [-0.39, 0.29) is 0 Å². The second-order valence-electron chi connectivity index (χ2n) is 4.66. The number of hydrogen-bond acceptors (Lipinski definition) is 3. The Balaban J connectivity index is 2.32. The lowest BCUT2D eigenvalue weighted by Crippen LogP contribution is -2.22. The van der Waals surface area contributed by atoms with Gasteiger partial charge in [-0.1, -0.05) is 37.6 Å². The van der Waals surface area contributed by atoms with E-state index in [1.165, 1.54) is 0 Å². The van der Waals surface area contributed by atoms with Crippen LogP contribution in [-0.2, 0) is 6.42 Å². The first-order chi connectivity index (χ1) is 10.0. The van der Waals surface area contributed by atoms with Gasteiger partial charge in [-0.05, 0) is 35.2 Å². The van der Waals surface area contributed by atoms with Gasteiger partial charge in [0.15, 0.2) is 17.4 Å². The molecule has 0 atom stereocenters. The SMILES string of the molecule is CCCc1ccc(-c2cc(F)c(OB(O)O)c(F)c2)cc1. The maximum absolute atomic E-state index is 13.8. The van der Waals surface area contributed by atoms with E-state index in [2.05, 4.69) is 11.6 Å². The number of benzene rings is 2. The molecule has 0 bridgehead atoms. The van der Waals surface area contributed by atoms with Gasteiger partial charge in [0.2, 0.25) is 0 Å². The second kappa shape index (κ2) is 6.69. The number of halogens is 2. The van der Waals surface area contributed by atoms with Crippen molar-refractivity contribution >= 4 is 7.32 Å². The third-order valence-electron chi connectivity index (χ3n) is 3.05. The summed E-state index contributed by atoms with van der Waals surface area (Å²) in [4.78, 5) is 0. The van der Waals surface area contributed by atoms with Gasteiger partial charge >= 0.3 is 7.32 Å². The van der Waals surface area contributed by atoms with Crippen molar-refractivity contribution in [3.63, 3.8) is 0 Å². The minimum atomic E-state index is -2.27. The van der Waals surface area contributed by atoms with Crippen molar-refractivity contribution in [3.8, 4) is 16.9 Å². The Bertz CT molecular complexity index is 592. The van der Waals surface area contributed by atoms with Crippen molar-refractivity contribution in [2.75, 3.05) is 0 Å². The quantitative estimate of drug-likeness (QED) is 0.833. The lowest BCUT2D eigenvalue weighted by atomic mass is 10.0. The average molecular weight is 292 g/mol. The molecule has 0 aliphatic heterocycles. The van der Waals surface area contributed by atoms with Crippen LogP contribution in [0.2, 0.25) is 0 Å². The Morgan fingerprint density at radius 2 is 1.57 bits per heavy atom. The van der Waals surface area contributed by atoms with E-state index in [9.17, 15) is 8.78 Å². The summed E-state index contributed by atoms with van der Waals surface area (Å²) >= 11 is 0. The van der Waals surface area contributed by atoms with Crippen LogP contribution in [0.25, 0.3) is 11.1 Å². The predicted octanol–water partition coefficient (Wildman–Crippen LogP) is 2.93. The Kier molecular flexibility index (Phi) is 4.93. The fraction of sp³-hybridized carbons (Fsp3) is 0.200. The van der Waals surface area contributed by atoms with E-state index in [4.69, 9.17) is 10.0 Å². The molecule has 0 aromatic heterocycles. The van der Waals surface area contributed by atoms with Gasteiger partial charge in [-0.15, -0.1) is 0 Å². The number of aryl methyl sites for hydroxylation is 1. The molecule has 6 heteroatoms.